The summed E-state index contributed by atoms with van der Waals surface area (Å²) in [4.78, 5) is 28.6. The number of anilines is 1. The van der Waals surface area contributed by atoms with Gasteiger partial charge < -0.3 is 15.4 Å². The Morgan fingerprint density at radius 1 is 1.12 bits per heavy atom. The first-order valence-corrected chi connectivity index (χ1v) is 8.34. The molecule has 1 aromatic carbocycles. The molecular formula is C19H23N3O3. The van der Waals surface area contributed by atoms with Crippen molar-refractivity contribution in [1.82, 2.24) is 10.3 Å². The fraction of sp³-hybridized carbons (Fsp3) is 0.316. The van der Waals surface area contributed by atoms with Crippen LogP contribution in [0, 0.1) is 0 Å². The molecule has 0 fully saturated rings. The number of unbranched alkanes of at least 4 members (excludes halogenated alkanes) is 2. The van der Waals surface area contributed by atoms with Crippen molar-refractivity contribution in [2.75, 3.05) is 19.0 Å². The zero-order valence-corrected chi connectivity index (χ0v) is 14.5. The molecule has 0 atom stereocenters. The van der Waals surface area contributed by atoms with Gasteiger partial charge in [-0.1, -0.05) is 31.9 Å². The van der Waals surface area contributed by atoms with Gasteiger partial charge in [0.15, 0.2) is 0 Å². The highest BCUT2D eigenvalue weighted by Crippen LogP contribution is 2.23. The maximum Gasteiger partial charge on any atom is 0.274 e. The molecule has 0 spiro atoms. The maximum atomic E-state index is 12.4. The minimum atomic E-state index is -0.398. The predicted octanol–water partition coefficient (Wildman–Crippen LogP) is 3.26. The molecule has 0 aliphatic heterocycles. The number of aromatic nitrogens is 1. The first kappa shape index (κ1) is 18.4. The molecule has 0 radical (unpaired) electrons. The van der Waals surface area contributed by atoms with Gasteiger partial charge in [-0.3, -0.25) is 14.6 Å². The molecule has 0 unspecified atom stereocenters. The van der Waals surface area contributed by atoms with Crippen LogP contribution < -0.4 is 15.4 Å². The second-order valence-electron chi connectivity index (χ2n) is 5.55. The van der Waals surface area contributed by atoms with Gasteiger partial charge in [0.2, 0.25) is 0 Å². The second kappa shape index (κ2) is 9.42. The summed E-state index contributed by atoms with van der Waals surface area (Å²) in [5, 5.41) is 5.60. The average molecular weight is 341 g/mol. The van der Waals surface area contributed by atoms with Gasteiger partial charge in [-0.2, -0.15) is 0 Å². The first-order chi connectivity index (χ1) is 12.2. The number of pyridine rings is 1. The van der Waals surface area contributed by atoms with Crippen LogP contribution in [-0.4, -0.2) is 30.5 Å². The van der Waals surface area contributed by atoms with Crippen molar-refractivity contribution in [3.63, 3.8) is 0 Å². The van der Waals surface area contributed by atoms with Crippen LogP contribution >= 0.6 is 0 Å². The Kier molecular flexibility index (Phi) is 6.95. The van der Waals surface area contributed by atoms with Crippen LogP contribution in [0.3, 0.4) is 0 Å². The van der Waals surface area contributed by atoms with Crippen LogP contribution in [0.2, 0.25) is 0 Å². The number of benzene rings is 1. The van der Waals surface area contributed by atoms with E-state index < -0.39 is 5.91 Å². The standard InChI is InChI=1S/C19H23N3O3/c1-3-4-7-11-21-18(23)14-10-12-20-16(13-14)19(24)22-15-8-5-6-9-17(15)25-2/h5-6,8-10,12-13H,3-4,7,11H2,1-2H3,(H,21,23)(H,22,24). The first-order valence-electron chi connectivity index (χ1n) is 8.34. The van der Waals surface area contributed by atoms with Crippen LogP contribution in [0.15, 0.2) is 42.6 Å². The summed E-state index contributed by atoms with van der Waals surface area (Å²) < 4.78 is 5.21. The lowest BCUT2D eigenvalue weighted by Crippen LogP contribution is -2.25. The molecule has 6 heteroatoms. The number of carbonyl (C=O) groups is 2. The molecule has 2 amide bonds. The van der Waals surface area contributed by atoms with Crippen molar-refractivity contribution in [2.45, 2.75) is 26.2 Å². The van der Waals surface area contributed by atoms with Crippen molar-refractivity contribution in [3.05, 3.63) is 53.9 Å². The van der Waals surface area contributed by atoms with Crippen LogP contribution in [0.5, 0.6) is 5.75 Å². The Bertz CT molecular complexity index is 731. The number of ether oxygens (including phenoxy) is 1. The van der Waals surface area contributed by atoms with Gasteiger partial charge in [-0.15, -0.1) is 0 Å². The fourth-order valence-corrected chi connectivity index (χ4v) is 2.31. The quantitative estimate of drug-likeness (QED) is 0.722. The number of hydrogen-bond donors (Lipinski definition) is 2. The average Bonchev–Trinajstić information content (AvgIpc) is 2.65. The molecule has 2 aromatic rings. The highest BCUT2D eigenvalue weighted by atomic mass is 16.5. The molecule has 1 aromatic heterocycles. The molecule has 25 heavy (non-hydrogen) atoms. The third-order valence-electron chi connectivity index (χ3n) is 3.68. The van der Waals surface area contributed by atoms with Gasteiger partial charge in [0.25, 0.3) is 11.8 Å². The summed E-state index contributed by atoms with van der Waals surface area (Å²) in [5.74, 6) is -0.0457. The highest BCUT2D eigenvalue weighted by Gasteiger charge is 2.13. The maximum absolute atomic E-state index is 12.4. The third kappa shape index (κ3) is 5.31. The Morgan fingerprint density at radius 2 is 1.92 bits per heavy atom. The molecule has 0 saturated heterocycles. The molecule has 1 heterocycles. The number of hydrogen-bond acceptors (Lipinski definition) is 4. The fourth-order valence-electron chi connectivity index (χ4n) is 2.31. The van der Waals surface area contributed by atoms with Gasteiger partial charge in [0, 0.05) is 18.3 Å². The number of nitrogens with one attached hydrogen (secondary N) is 2. The second-order valence-corrected chi connectivity index (χ2v) is 5.55. The number of para-hydroxylation sites is 2. The largest absolute Gasteiger partial charge is 0.495 e. The lowest BCUT2D eigenvalue weighted by atomic mass is 10.2. The molecule has 0 aliphatic rings. The summed E-state index contributed by atoms with van der Waals surface area (Å²) in [7, 11) is 1.53. The summed E-state index contributed by atoms with van der Waals surface area (Å²) >= 11 is 0. The van der Waals surface area contributed by atoms with Crippen molar-refractivity contribution < 1.29 is 14.3 Å². The molecule has 2 rings (SSSR count). The summed E-state index contributed by atoms with van der Waals surface area (Å²) in [5.41, 5.74) is 1.13. The molecule has 2 N–H and O–H groups in total. The summed E-state index contributed by atoms with van der Waals surface area (Å²) in [6, 6.07) is 10.2. The summed E-state index contributed by atoms with van der Waals surface area (Å²) in [6.45, 7) is 2.73. The number of nitrogens with zero attached hydrogens (tertiary/aromatic N) is 1. The van der Waals surface area contributed by atoms with E-state index in [-0.39, 0.29) is 11.6 Å². The Hall–Kier alpha value is -2.89. The van der Waals surface area contributed by atoms with Crippen molar-refractivity contribution in [3.8, 4) is 5.75 Å². The number of carbonyl (C=O) groups excluding carboxylic acids is 2. The van der Waals surface area contributed by atoms with Crippen LogP contribution in [0.4, 0.5) is 5.69 Å². The van der Waals surface area contributed by atoms with E-state index in [1.807, 2.05) is 6.07 Å². The number of rotatable bonds is 8. The molecular weight excluding hydrogens is 318 g/mol. The van der Waals surface area contributed by atoms with Gasteiger partial charge >= 0.3 is 0 Å². The monoisotopic (exact) mass is 341 g/mol. The van der Waals surface area contributed by atoms with E-state index in [1.165, 1.54) is 19.4 Å². The van der Waals surface area contributed by atoms with Gasteiger partial charge in [0.1, 0.15) is 11.4 Å². The molecule has 0 aliphatic carbocycles. The Morgan fingerprint density at radius 3 is 2.68 bits per heavy atom. The van der Waals surface area contributed by atoms with Crippen molar-refractivity contribution in [2.24, 2.45) is 0 Å². The zero-order valence-electron chi connectivity index (χ0n) is 14.5. The van der Waals surface area contributed by atoms with E-state index >= 15 is 0 Å². The van der Waals surface area contributed by atoms with E-state index in [2.05, 4.69) is 22.5 Å². The molecule has 0 bridgehead atoms. The van der Waals surface area contributed by atoms with E-state index in [4.69, 9.17) is 4.74 Å². The summed E-state index contributed by atoms with van der Waals surface area (Å²) in [6.07, 6.45) is 4.56. The zero-order chi connectivity index (χ0) is 18.1. The lowest BCUT2D eigenvalue weighted by molar-refractivity contribution is 0.0953. The van der Waals surface area contributed by atoms with Crippen molar-refractivity contribution in [1.29, 1.82) is 0 Å². The van der Waals surface area contributed by atoms with E-state index in [9.17, 15) is 9.59 Å². The van der Waals surface area contributed by atoms with E-state index in [0.717, 1.165) is 19.3 Å². The predicted molar refractivity (Wildman–Crippen MR) is 97.0 cm³/mol. The van der Waals surface area contributed by atoms with Crippen LogP contribution in [0.1, 0.15) is 47.0 Å². The minimum Gasteiger partial charge on any atom is -0.495 e. The molecule has 6 nitrogen and oxygen atoms in total. The lowest BCUT2D eigenvalue weighted by Gasteiger charge is -2.10. The van der Waals surface area contributed by atoms with Crippen LogP contribution in [0.25, 0.3) is 0 Å². The van der Waals surface area contributed by atoms with Crippen molar-refractivity contribution >= 4 is 17.5 Å². The van der Waals surface area contributed by atoms with Gasteiger partial charge in [0.05, 0.1) is 12.8 Å². The SMILES string of the molecule is CCCCCNC(=O)c1ccnc(C(=O)Nc2ccccc2OC)c1. The minimum absolute atomic E-state index is 0.173. The highest BCUT2D eigenvalue weighted by molar-refractivity contribution is 6.05. The normalized spacial score (nSPS) is 10.2. The van der Waals surface area contributed by atoms with Crippen LogP contribution in [-0.2, 0) is 0 Å². The van der Waals surface area contributed by atoms with E-state index in [0.29, 0.717) is 23.5 Å². The topological polar surface area (TPSA) is 80.3 Å². The van der Waals surface area contributed by atoms with Gasteiger partial charge in [-0.25, -0.2) is 0 Å². The van der Waals surface area contributed by atoms with E-state index in [1.54, 1.807) is 24.3 Å². The Balaban J connectivity index is 2.04. The molecule has 0 saturated carbocycles. The number of methoxy groups -OCH3 is 1. The third-order valence-corrected chi connectivity index (χ3v) is 3.68. The Labute approximate surface area is 147 Å². The smallest absolute Gasteiger partial charge is 0.274 e. The van der Waals surface area contributed by atoms with Gasteiger partial charge in [-0.05, 0) is 30.7 Å². The number of amides is 2. The molecule has 132 valence electrons.